The van der Waals surface area contributed by atoms with Gasteiger partial charge in [-0.2, -0.15) is 0 Å². The third-order valence-electron chi connectivity index (χ3n) is 5.17. The fourth-order valence-corrected chi connectivity index (χ4v) is 3.36. The Kier molecular flexibility index (Phi) is 9.13. The summed E-state index contributed by atoms with van der Waals surface area (Å²) < 4.78 is 5.55. The van der Waals surface area contributed by atoms with Gasteiger partial charge in [0.05, 0.1) is 12.2 Å². The Labute approximate surface area is 157 Å². The lowest BCUT2D eigenvalue weighted by molar-refractivity contribution is -0.150. The van der Waals surface area contributed by atoms with Crippen molar-refractivity contribution in [3.05, 3.63) is 36.5 Å². The van der Waals surface area contributed by atoms with Crippen LogP contribution in [0.1, 0.15) is 64.7 Å². The van der Waals surface area contributed by atoms with E-state index < -0.39 is 12.2 Å². The molecule has 1 aliphatic heterocycles. The average molecular weight is 363 g/mol. The van der Waals surface area contributed by atoms with E-state index in [2.05, 4.69) is 25.2 Å². The molecule has 1 saturated carbocycles. The molecule has 4 nitrogen and oxygen atoms in total. The number of unbranched alkanes of at least 4 members (excludes halogenated alkanes) is 3. The number of esters is 1. The Hall–Kier alpha value is -1.39. The maximum atomic E-state index is 11.7. The maximum Gasteiger partial charge on any atom is 0.306 e. The van der Waals surface area contributed by atoms with E-state index in [4.69, 9.17) is 4.74 Å². The van der Waals surface area contributed by atoms with Gasteiger partial charge in [-0.3, -0.25) is 4.79 Å². The molecular weight excluding hydrogens is 328 g/mol. The Bertz CT molecular complexity index is 508. The number of hydrogen-bond acceptors (Lipinski definition) is 4. The zero-order valence-corrected chi connectivity index (χ0v) is 15.9. The first-order chi connectivity index (χ1) is 12.6. The van der Waals surface area contributed by atoms with Crippen molar-refractivity contribution in [2.24, 2.45) is 11.8 Å². The van der Waals surface area contributed by atoms with E-state index in [0.29, 0.717) is 24.7 Å². The third kappa shape index (κ3) is 7.46. The molecular formula is C22H34O4. The lowest BCUT2D eigenvalue weighted by atomic mass is 10.1. The lowest BCUT2D eigenvalue weighted by Crippen LogP contribution is -2.23. The number of aliphatic hydroxyl groups excluding tert-OH is 2. The second-order valence-corrected chi connectivity index (χ2v) is 7.48. The molecule has 0 radical (unpaired) electrons. The standard InChI is InChI=1S/C22H34O4/c1-2-3-4-5-6-8-11-19(23)20(24)15-14-17-16-18(17)21-12-9-7-10-13-22(25)26-21/h6-9,14-15,17-21,23-24H,2-5,10-13,16H2,1H3/b8-6-,9-7-,15-14+/t17-,18-,19?,20?,21-/m1/s1. The molecule has 0 aromatic rings. The number of rotatable bonds is 10. The molecule has 146 valence electrons. The Morgan fingerprint density at radius 2 is 2.12 bits per heavy atom. The third-order valence-corrected chi connectivity index (χ3v) is 5.17. The molecule has 0 aromatic carbocycles. The fourth-order valence-electron chi connectivity index (χ4n) is 3.36. The zero-order valence-electron chi connectivity index (χ0n) is 15.9. The van der Waals surface area contributed by atoms with Gasteiger partial charge in [-0.05, 0) is 38.0 Å². The van der Waals surface area contributed by atoms with Crippen LogP contribution in [-0.2, 0) is 9.53 Å². The Morgan fingerprint density at radius 1 is 1.27 bits per heavy atom. The van der Waals surface area contributed by atoms with Crippen molar-refractivity contribution in [3.63, 3.8) is 0 Å². The molecule has 2 rings (SSSR count). The van der Waals surface area contributed by atoms with Crippen LogP contribution in [0, 0.1) is 11.8 Å². The number of hydrogen-bond donors (Lipinski definition) is 2. The first-order valence-corrected chi connectivity index (χ1v) is 10.2. The highest BCUT2D eigenvalue weighted by atomic mass is 16.5. The zero-order chi connectivity index (χ0) is 18.8. The highest BCUT2D eigenvalue weighted by Crippen LogP contribution is 2.45. The van der Waals surface area contributed by atoms with Crippen LogP contribution in [0.3, 0.4) is 0 Å². The predicted octanol–water partition coefficient (Wildman–Crippen LogP) is 4.08. The van der Waals surface area contributed by atoms with Crippen molar-refractivity contribution in [3.8, 4) is 0 Å². The lowest BCUT2D eigenvalue weighted by Gasteiger charge is -2.18. The first-order valence-electron chi connectivity index (χ1n) is 10.2. The van der Waals surface area contributed by atoms with Gasteiger partial charge < -0.3 is 14.9 Å². The molecule has 1 aliphatic carbocycles. The number of carbonyl (C=O) groups is 1. The normalized spacial score (nSPS) is 30.0. The molecule has 4 heteroatoms. The summed E-state index contributed by atoms with van der Waals surface area (Å²) in [5, 5.41) is 20.1. The molecule has 2 aliphatic rings. The van der Waals surface area contributed by atoms with Crippen molar-refractivity contribution in [1.82, 2.24) is 0 Å². The maximum absolute atomic E-state index is 11.7. The van der Waals surface area contributed by atoms with Gasteiger partial charge in [0.15, 0.2) is 0 Å². The SMILES string of the molecule is CCCCC/C=C\CC(O)C(O)/C=C/[C@@H]1C[C@H]1[C@H]1C/C=C\CCC(=O)O1. The minimum absolute atomic E-state index is 0.0539. The molecule has 2 N–H and O–H groups in total. The summed E-state index contributed by atoms with van der Waals surface area (Å²) in [6.07, 6.45) is 18.3. The Balaban J connectivity index is 1.69. The number of aliphatic hydroxyl groups is 2. The van der Waals surface area contributed by atoms with Crippen LogP contribution in [0.25, 0.3) is 0 Å². The molecule has 0 saturated heterocycles. The molecule has 5 atom stereocenters. The van der Waals surface area contributed by atoms with Crippen LogP contribution >= 0.6 is 0 Å². The Morgan fingerprint density at radius 3 is 2.92 bits per heavy atom. The summed E-state index contributed by atoms with van der Waals surface area (Å²) in [4.78, 5) is 11.7. The smallest absolute Gasteiger partial charge is 0.306 e. The summed E-state index contributed by atoms with van der Waals surface area (Å²) in [5.41, 5.74) is 0. The molecule has 0 spiro atoms. The van der Waals surface area contributed by atoms with E-state index in [9.17, 15) is 15.0 Å². The van der Waals surface area contributed by atoms with E-state index >= 15 is 0 Å². The van der Waals surface area contributed by atoms with Gasteiger partial charge in [0.2, 0.25) is 0 Å². The van der Waals surface area contributed by atoms with Crippen LogP contribution in [0.5, 0.6) is 0 Å². The van der Waals surface area contributed by atoms with Crippen LogP contribution in [0.4, 0.5) is 0 Å². The van der Waals surface area contributed by atoms with Crippen LogP contribution < -0.4 is 0 Å². The number of ether oxygens (including phenoxy) is 1. The van der Waals surface area contributed by atoms with E-state index in [1.807, 2.05) is 12.2 Å². The quantitative estimate of drug-likeness (QED) is 0.349. The minimum atomic E-state index is -0.851. The van der Waals surface area contributed by atoms with Crippen molar-refractivity contribution in [1.29, 1.82) is 0 Å². The largest absolute Gasteiger partial charge is 0.462 e. The molecule has 0 amide bonds. The topological polar surface area (TPSA) is 66.8 Å². The summed E-state index contributed by atoms with van der Waals surface area (Å²) in [6, 6.07) is 0. The molecule has 1 heterocycles. The van der Waals surface area contributed by atoms with E-state index in [1.165, 1.54) is 19.3 Å². The van der Waals surface area contributed by atoms with Gasteiger partial charge in [-0.15, -0.1) is 0 Å². The molecule has 2 unspecified atom stereocenters. The van der Waals surface area contributed by atoms with Crippen molar-refractivity contribution < 1.29 is 19.7 Å². The monoisotopic (exact) mass is 362 g/mol. The van der Waals surface area contributed by atoms with Crippen LogP contribution in [0.15, 0.2) is 36.5 Å². The van der Waals surface area contributed by atoms with E-state index in [1.54, 1.807) is 6.08 Å². The van der Waals surface area contributed by atoms with Crippen LogP contribution in [0.2, 0.25) is 0 Å². The molecule has 0 bridgehead atoms. The highest BCUT2D eigenvalue weighted by Gasteiger charge is 2.43. The van der Waals surface area contributed by atoms with Gasteiger partial charge in [0.1, 0.15) is 6.10 Å². The fraction of sp³-hybridized carbons (Fsp3) is 0.682. The van der Waals surface area contributed by atoms with Gasteiger partial charge >= 0.3 is 5.97 Å². The summed E-state index contributed by atoms with van der Waals surface area (Å²) in [5.74, 6) is 0.544. The number of cyclic esters (lactones) is 1. The second-order valence-electron chi connectivity index (χ2n) is 7.48. The summed E-state index contributed by atoms with van der Waals surface area (Å²) >= 11 is 0. The van der Waals surface area contributed by atoms with Crippen molar-refractivity contribution >= 4 is 5.97 Å². The van der Waals surface area contributed by atoms with E-state index in [-0.39, 0.29) is 12.1 Å². The second kappa shape index (κ2) is 11.3. The first kappa shape index (κ1) is 20.9. The molecule has 1 fully saturated rings. The van der Waals surface area contributed by atoms with Crippen LogP contribution in [-0.4, -0.2) is 34.5 Å². The summed E-state index contributed by atoms with van der Waals surface area (Å²) in [7, 11) is 0. The minimum Gasteiger partial charge on any atom is -0.462 e. The van der Waals surface area contributed by atoms with Gasteiger partial charge in [-0.1, -0.05) is 56.2 Å². The van der Waals surface area contributed by atoms with Gasteiger partial charge in [-0.25, -0.2) is 0 Å². The van der Waals surface area contributed by atoms with E-state index in [0.717, 1.165) is 25.7 Å². The van der Waals surface area contributed by atoms with Gasteiger partial charge in [0.25, 0.3) is 0 Å². The summed E-state index contributed by atoms with van der Waals surface area (Å²) in [6.45, 7) is 2.18. The number of allylic oxidation sites excluding steroid dienone is 3. The van der Waals surface area contributed by atoms with Crippen molar-refractivity contribution in [2.75, 3.05) is 0 Å². The highest BCUT2D eigenvalue weighted by molar-refractivity contribution is 5.70. The average Bonchev–Trinajstić information content (AvgIpc) is 3.38. The van der Waals surface area contributed by atoms with Gasteiger partial charge in [0, 0.05) is 18.8 Å². The predicted molar refractivity (Wildman–Crippen MR) is 104 cm³/mol. The molecule has 0 aromatic heterocycles. The number of carbonyl (C=O) groups excluding carboxylic acids is 1. The molecule has 26 heavy (non-hydrogen) atoms. The van der Waals surface area contributed by atoms with Crippen molar-refractivity contribution in [2.45, 2.75) is 83.0 Å².